The number of hydrogen-bond acceptors (Lipinski definition) is 5. The molecule has 0 radical (unpaired) electrons. The third-order valence-corrected chi connectivity index (χ3v) is 4.51. The lowest BCUT2D eigenvalue weighted by molar-refractivity contribution is 0.198. The molecule has 1 aliphatic heterocycles. The summed E-state index contributed by atoms with van der Waals surface area (Å²) in [5.74, 6) is 1.59. The highest BCUT2D eigenvalue weighted by molar-refractivity contribution is 5.82. The van der Waals surface area contributed by atoms with Gasteiger partial charge in [0.15, 0.2) is 11.4 Å². The third kappa shape index (κ3) is 2.07. The molecular weight excluding hydrogens is 304 g/mol. The van der Waals surface area contributed by atoms with Gasteiger partial charge in [0.25, 0.3) is 0 Å². The van der Waals surface area contributed by atoms with Gasteiger partial charge in [-0.1, -0.05) is 18.2 Å². The molecule has 24 heavy (non-hydrogen) atoms. The fourth-order valence-corrected chi connectivity index (χ4v) is 3.26. The standard InChI is InChI=1S/C18H16N4O2/c23-13-7-8-21(11-13)18-6-5-17-19-10-14(22(17)20-18)16-9-12-3-1-2-4-15(12)24-16/h1-6,9-10,13,23H,7-8,11H2/t13-/m0/s1. The van der Waals surface area contributed by atoms with Gasteiger partial charge < -0.3 is 14.4 Å². The molecule has 0 aliphatic carbocycles. The molecule has 0 amide bonds. The second kappa shape index (κ2) is 5.07. The van der Waals surface area contributed by atoms with Gasteiger partial charge in [-0.2, -0.15) is 0 Å². The highest BCUT2D eigenvalue weighted by atomic mass is 16.3. The number of hydrogen-bond donors (Lipinski definition) is 1. The second-order valence-corrected chi connectivity index (χ2v) is 6.14. The van der Waals surface area contributed by atoms with Crippen LogP contribution in [0.5, 0.6) is 0 Å². The van der Waals surface area contributed by atoms with Crippen molar-refractivity contribution >= 4 is 22.4 Å². The number of aliphatic hydroxyl groups is 1. The minimum atomic E-state index is -0.278. The summed E-state index contributed by atoms with van der Waals surface area (Å²) in [7, 11) is 0. The lowest BCUT2D eigenvalue weighted by Crippen LogP contribution is -2.22. The Morgan fingerprint density at radius 2 is 2.08 bits per heavy atom. The van der Waals surface area contributed by atoms with Crippen LogP contribution < -0.4 is 4.90 Å². The first-order valence-electron chi connectivity index (χ1n) is 8.05. The highest BCUT2D eigenvalue weighted by Gasteiger charge is 2.22. The number of furan rings is 1. The summed E-state index contributed by atoms with van der Waals surface area (Å²) in [6.07, 6.45) is 2.28. The van der Waals surface area contributed by atoms with Crippen LogP contribution >= 0.6 is 0 Å². The molecule has 1 aromatic carbocycles. The molecule has 6 heteroatoms. The van der Waals surface area contributed by atoms with Gasteiger partial charge in [-0.3, -0.25) is 0 Å². The van der Waals surface area contributed by atoms with Crippen molar-refractivity contribution in [1.82, 2.24) is 14.6 Å². The van der Waals surface area contributed by atoms with Crippen molar-refractivity contribution in [3.63, 3.8) is 0 Å². The predicted octanol–water partition coefficient (Wildman–Crippen LogP) is 2.71. The van der Waals surface area contributed by atoms with Crippen molar-refractivity contribution in [2.75, 3.05) is 18.0 Å². The molecule has 0 spiro atoms. The van der Waals surface area contributed by atoms with Crippen molar-refractivity contribution < 1.29 is 9.52 Å². The number of aromatic nitrogens is 3. The van der Waals surface area contributed by atoms with E-state index in [1.807, 2.05) is 42.5 Å². The van der Waals surface area contributed by atoms with Crippen LogP contribution in [0.4, 0.5) is 5.82 Å². The van der Waals surface area contributed by atoms with Gasteiger partial charge in [-0.25, -0.2) is 9.50 Å². The van der Waals surface area contributed by atoms with Gasteiger partial charge in [0.05, 0.1) is 12.3 Å². The Morgan fingerprint density at radius 3 is 2.92 bits per heavy atom. The maximum atomic E-state index is 9.74. The van der Waals surface area contributed by atoms with Crippen molar-refractivity contribution in [2.24, 2.45) is 0 Å². The Labute approximate surface area is 137 Å². The molecule has 1 fully saturated rings. The molecule has 0 unspecified atom stereocenters. The van der Waals surface area contributed by atoms with Crippen LogP contribution in [0.25, 0.3) is 28.1 Å². The fraction of sp³-hybridized carbons (Fsp3) is 0.222. The van der Waals surface area contributed by atoms with Crippen LogP contribution in [0.1, 0.15) is 6.42 Å². The zero-order valence-electron chi connectivity index (χ0n) is 13.0. The summed E-state index contributed by atoms with van der Waals surface area (Å²) in [5.41, 5.74) is 2.44. The number of imidazole rings is 1. The summed E-state index contributed by atoms with van der Waals surface area (Å²) in [6.45, 7) is 1.43. The van der Waals surface area contributed by atoms with E-state index in [1.54, 1.807) is 10.7 Å². The molecule has 4 heterocycles. The Hall–Kier alpha value is -2.86. The topological polar surface area (TPSA) is 66.8 Å². The van der Waals surface area contributed by atoms with E-state index in [0.29, 0.717) is 6.54 Å². The van der Waals surface area contributed by atoms with Gasteiger partial charge in [0, 0.05) is 18.5 Å². The van der Waals surface area contributed by atoms with E-state index in [9.17, 15) is 5.11 Å². The first kappa shape index (κ1) is 13.6. The first-order valence-corrected chi connectivity index (χ1v) is 8.05. The second-order valence-electron chi connectivity index (χ2n) is 6.14. The van der Waals surface area contributed by atoms with Crippen molar-refractivity contribution in [3.8, 4) is 11.5 Å². The predicted molar refractivity (Wildman–Crippen MR) is 91.0 cm³/mol. The minimum Gasteiger partial charge on any atom is -0.454 e. The third-order valence-electron chi connectivity index (χ3n) is 4.51. The van der Waals surface area contributed by atoms with Crippen LogP contribution in [0, 0.1) is 0 Å². The zero-order chi connectivity index (χ0) is 16.1. The highest BCUT2D eigenvalue weighted by Crippen LogP contribution is 2.28. The Balaban J connectivity index is 1.63. The van der Waals surface area contributed by atoms with E-state index in [4.69, 9.17) is 9.52 Å². The molecule has 0 saturated carbocycles. The molecule has 1 N–H and O–H groups in total. The number of nitrogens with zero attached hydrogens (tertiary/aromatic N) is 4. The Morgan fingerprint density at radius 1 is 1.17 bits per heavy atom. The van der Waals surface area contributed by atoms with Crippen molar-refractivity contribution in [2.45, 2.75) is 12.5 Å². The van der Waals surface area contributed by atoms with E-state index in [0.717, 1.165) is 46.9 Å². The number of β-amino-alcohol motifs (C(OH)–C–C–N with tert-alkyl or cyclic N) is 1. The summed E-state index contributed by atoms with van der Waals surface area (Å²) < 4.78 is 7.75. The normalized spacial score (nSPS) is 18.0. The lowest BCUT2D eigenvalue weighted by Gasteiger charge is -2.16. The average Bonchev–Trinajstić information content (AvgIpc) is 3.30. The monoisotopic (exact) mass is 320 g/mol. The van der Waals surface area contributed by atoms with Crippen LogP contribution in [-0.2, 0) is 0 Å². The Kier molecular flexibility index (Phi) is 2.87. The van der Waals surface area contributed by atoms with Gasteiger partial charge >= 0.3 is 0 Å². The number of para-hydroxylation sites is 1. The van der Waals surface area contributed by atoms with E-state index in [2.05, 4.69) is 9.88 Å². The smallest absolute Gasteiger partial charge is 0.155 e. The lowest BCUT2D eigenvalue weighted by atomic mass is 10.2. The summed E-state index contributed by atoms with van der Waals surface area (Å²) in [5, 5.41) is 15.5. The maximum Gasteiger partial charge on any atom is 0.155 e. The fourth-order valence-electron chi connectivity index (χ4n) is 3.26. The van der Waals surface area contributed by atoms with Gasteiger partial charge in [0.1, 0.15) is 17.1 Å². The largest absolute Gasteiger partial charge is 0.454 e. The number of anilines is 1. The molecule has 4 aromatic rings. The molecule has 1 atom stereocenters. The zero-order valence-corrected chi connectivity index (χ0v) is 13.0. The molecular formula is C18H16N4O2. The molecule has 6 nitrogen and oxygen atoms in total. The SMILES string of the molecule is O[C@H]1CCN(c2ccc3ncc(-c4cc5ccccc5o4)n3n2)C1. The minimum absolute atomic E-state index is 0.278. The molecule has 120 valence electrons. The molecule has 0 bridgehead atoms. The van der Waals surface area contributed by atoms with E-state index in [-0.39, 0.29) is 6.10 Å². The molecule has 1 aliphatic rings. The van der Waals surface area contributed by atoms with E-state index >= 15 is 0 Å². The summed E-state index contributed by atoms with van der Waals surface area (Å²) in [4.78, 5) is 6.51. The van der Waals surface area contributed by atoms with Crippen LogP contribution in [0.15, 0.2) is 53.1 Å². The quantitative estimate of drug-likeness (QED) is 0.615. The number of aliphatic hydroxyl groups excluding tert-OH is 1. The Bertz CT molecular complexity index is 1000. The van der Waals surface area contributed by atoms with Crippen LogP contribution in [0.3, 0.4) is 0 Å². The first-order chi connectivity index (χ1) is 11.8. The molecule has 5 rings (SSSR count). The van der Waals surface area contributed by atoms with Gasteiger partial charge in [-0.05, 0) is 30.7 Å². The maximum absolute atomic E-state index is 9.74. The van der Waals surface area contributed by atoms with Gasteiger partial charge in [0.2, 0.25) is 0 Å². The number of fused-ring (bicyclic) bond motifs is 2. The number of benzene rings is 1. The van der Waals surface area contributed by atoms with Crippen molar-refractivity contribution in [1.29, 1.82) is 0 Å². The van der Waals surface area contributed by atoms with E-state index in [1.165, 1.54) is 0 Å². The summed E-state index contributed by atoms with van der Waals surface area (Å²) >= 11 is 0. The van der Waals surface area contributed by atoms with Gasteiger partial charge in [-0.15, -0.1) is 5.10 Å². The van der Waals surface area contributed by atoms with E-state index < -0.39 is 0 Å². The number of rotatable bonds is 2. The average molecular weight is 320 g/mol. The summed E-state index contributed by atoms with van der Waals surface area (Å²) in [6, 6.07) is 13.8. The molecule has 1 saturated heterocycles. The van der Waals surface area contributed by atoms with Crippen molar-refractivity contribution in [3.05, 3.63) is 48.7 Å². The van der Waals surface area contributed by atoms with Crippen LogP contribution in [0.2, 0.25) is 0 Å². The molecule has 3 aromatic heterocycles. The van der Waals surface area contributed by atoms with Crippen LogP contribution in [-0.4, -0.2) is 38.9 Å².